The molecule has 0 aliphatic heterocycles. The molecule has 0 saturated carbocycles. The van der Waals surface area contributed by atoms with E-state index in [1.54, 1.807) is 0 Å². The summed E-state index contributed by atoms with van der Waals surface area (Å²) in [4.78, 5) is 0. The molecular formula is C14H7ClF4N2. The highest BCUT2D eigenvalue weighted by Crippen LogP contribution is 2.26. The second-order valence-corrected chi connectivity index (χ2v) is 4.52. The molecule has 0 fully saturated rings. The molecule has 0 amide bonds. The van der Waals surface area contributed by atoms with Gasteiger partial charge in [-0.3, -0.25) is 0 Å². The standard InChI is InChI=1S/C14H7ClF4N2/c15-9-3-7(5-20)1-2-8(9)6-21-14-12(18)10(16)4-11(17)13(14)19/h1-4,21H,6H2. The molecule has 0 saturated heterocycles. The predicted octanol–water partition coefficient (Wildman–Crippen LogP) is 4.38. The number of anilines is 1. The number of nitriles is 1. The zero-order chi connectivity index (χ0) is 15.6. The van der Waals surface area contributed by atoms with E-state index in [1.165, 1.54) is 18.2 Å². The van der Waals surface area contributed by atoms with Gasteiger partial charge in [0.1, 0.15) is 5.69 Å². The van der Waals surface area contributed by atoms with Crippen LogP contribution in [0.3, 0.4) is 0 Å². The Balaban J connectivity index is 2.27. The first-order valence-corrected chi connectivity index (χ1v) is 6.07. The van der Waals surface area contributed by atoms with Gasteiger partial charge in [0.05, 0.1) is 11.6 Å². The number of halogens is 5. The quantitative estimate of drug-likeness (QED) is 0.674. The van der Waals surface area contributed by atoms with Crippen LogP contribution in [-0.2, 0) is 6.54 Å². The lowest BCUT2D eigenvalue weighted by Crippen LogP contribution is -2.07. The van der Waals surface area contributed by atoms with Crippen molar-refractivity contribution in [3.05, 3.63) is 63.7 Å². The van der Waals surface area contributed by atoms with Gasteiger partial charge in [-0.15, -0.1) is 0 Å². The number of hydrogen-bond acceptors (Lipinski definition) is 2. The minimum atomic E-state index is -1.52. The van der Waals surface area contributed by atoms with Crippen molar-refractivity contribution < 1.29 is 17.6 Å². The van der Waals surface area contributed by atoms with E-state index in [2.05, 4.69) is 5.32 Å². The molecule has 7 heteroatoms. The molecule has 0 bridgehead atoms. The number of nitrogens with zero attached hydrogens (tertiary/aromatic N) is 1. The molecule has 2 rings (SSSR count). The first-order chi connectivity index (χ1) is 9.93. The molecule has 0 atom stereocenters. The maximum Gasteiger partial charge on any atom is 0.185 e. The molecule has 0 aliphatic rings. The van der Waals surface area contributed by atoms with Crippen LogP contribution in [0.2, 0.25) is 5.02 Å². The fourth-order valence-corrected chi connectivity index (χ4v) is 1.92. The lowest BCUT2D eigenvalue weighted by Gasteiger charge is -2.11. The summed E-state index contributed by atoms with van der Waals surface area (Å²) in [6, 6.07) is 6.31. The van der Waals surface area contributed by atoms with Crippen LogP contribution in [0.15, 0.2) is 24.3 Å². The Morgan fingerprint density at radius 3 is 2.19 bits per heavy atom. The lowest BCUT2D eigenvalue weighted by atomic mass is 10.1. The summed E-state index contributed by atoms with van der Waals surface area (Å²) in [5.41, 5.74) is -0.176. The summed E-state index contributed by atoms with van der Waals surface area (Å²) in [7, 11) is 0. The summed E-state index contributed by atoms with van der Waals surface area (Å²) in [5.74, 6) is -6.03. The Labute approximate surface area is 122 Å². The van der Waals surface area contributed by atoms with Gasteiger partial charge in [-0.25, -0.2) is 17.6 Å². The van der Waals surface area contributed by atoms with Gasteiger partial charge in [0.25, 0.3) is 0 Å². The average molecular weight is 315 g/mol. The Bertz CT molecular complexity index is 714. The van der Waals surface area contributed by atoms with Crippen LogP contribution in [0.4, 0.5) is 23.2 Å². The molecule has 0 aliphatic carbocycles. The summed E-state index contributed by atoms with van der Waals surface area (Å²) in [6.45, 7) is -0.165. The van der Waals surface area contributed by atoms with Gasteiger partial charge in [0.15, 0.2) is 23.3 Å². The largest absolute Gasteiger partial charge is 0.376 e. The highest BCUT2D eigenvalue weighted by molar-refractivity contribution is 6.31. The van der Waals surface area contributed by atoms with Crippen LogP contribution >= 0.6 is 11.6 Å². The van der Waals surface area contributed by atoms with Crippen LogP contribution < -0.4 is 5.32 Å². The van der Waals surface area contributed by atoms with Crippen LogP contribution in [0.5, 0.6) is 0 Å². The van der Waals surface area contributed by atoms with Crippen molar-refractivity contribution in [1.82, 2.24) is 0 Å². The van der Waals surface area contributed by atoms with Crippen molar-refractivity contribution in [3.8, 4) is 6.07 Å². The van der Waals surface area contributed by atoms with E-state index in [0.29, 0.717) is 11.1 Å². The van der Waals surface area contributed by atoms with Crippen LogP contribution in [0, 0.1) is 34.6 Å². The SMILES string of the molecule is N#Cc1ccc(CNc2c(F)c(F)cc(F)c2F)c(Cl)c1. The zero-order valence-corrected chi connectivity index (χ0v) is 11.1. The zero-order valence-electron chi connectivity index (χ0n) is 10.4. The molecule has 0 radical (unpaired) electrons. The van der Waals surface area contributed by atoms with Crippen LogP contribution in [0.1, 0.15) is 11.1 Å². The number of hydrogen-bond donors (Lipinski definition) is 1. The van der Waals surface area contributed by atoms with E-state index in [1.807, 2.05) is 6.07 Å². The van der Waals surface area contributed by atoms with Gasteiger partial charge in [-0.1, -0.05) is 17.7 Å². The number of rotatable bonds is 3. The highest BCUT2D eigenvalue weighted by atomic mass is 35.5. The van der Waals surface area contributed by atoms with Crippen molar-refractivity contribution in [2.45, 2.75) is 6.54 Å². The van der Waals surface area contributed by atoms with E-state index in [9.17, 15) is 17.6 Å². The molecule has 0 spiro atoms. The van der Waals surface area contributed by atoms with Crippen LogP contribution in [0.25, 0.3) is 0 Å². The summed E-state index contributed by atoms with van der Waals surface area (Å²) in [6.07, 6.45) is 0. The van der Waals surface area contributed by atoms with E-state index < -0.39 is 29.0 Å². The van der Waals surface area contributed by atoms with E-state index in [-0.39, 0.29) is 17.6 Å². The van der Waals surface area contributed by atoms with E-state index in [0.717, 1.165) is 0 Å². The highest BCUT2D eigenvalue weighted by Gasteiger charge is 2.19. The second kappa shape index (κ2) is 6.02. The van der Waals surface area contributed by atoms with Crippen molar-refractivity contribution in [2.24, 2.45) is 0 Å². The normalized spacial score (nSPS) is 10.3. The molecule has 108 valence electrons. The van der Waals surface area contributed by atoms with Gasteiger partial charge in [0.2, 0.25) is 0 Å². The topological polar surface area (TPSA) is 35.8 Å². The number of benzene rings is 2. The average Bonchev–Trinajstić information content (AvgIpc) is 2.46. The fraction of sp³-hybridized carbons (Fsp3) is 0.0714. The first kappa shape index (κ1) is 15.1. The molecule has 1 N–H and O–H groups in total. The molecule has 2 aromatic rings. The molecule has 0 aromatic heterocycles. The minimum absolute atomic E-state index is 0.130. The number of nitrogens with one attached hydrogen (secondary N) is 1. The Hall–Kier alpha value is -2.26. The van der Waals surface area contributed by atoms with Crippen molar-refractivity contribution in [2.75, 3.05) is 5.32 Å². The third kappa shape index (κ3) is 3.09. The van der Waals surface area contributed by atoms with E-state index >= 15 is 0 Å². The Kier molecular flexibility index (Phi) is 4.34. The molecule has 2 aromatic carbocycles. The predicted molar refractivity (Wildman–Crippen MR) is 69.8 cm³/mol. The van der Waals surface area contributed by atoms with Gasteiger partial charge < -0.3 is 5.32 Å². The summed E-state index contributed by atoms with van der Waals surface area (Å²) >= 11 is 5.89. The van der Waals surface area contributed by atoms with Gasteiger partial charge >= 0.3 is 0 Å². The van der Waals surface area contributed by atoms with Gasteiger partial charge in [-0.05, 0) is 17.7 Å². The molecule has 21 heavy (non-hydrogen) atoms. The van der Waals surface area contributed by atoms with Crippen molar-refractivity contribution in [1.29, 1.82) is 5.26 Å². The molecule has 0 unspecified atom stereocenters. The van der Waals surface area contributed by atoms with Crippen molar-refractivity contribution in [3.63, 3.8) is 0 Å². The molecular weight excluding hydrogens is 308 g/mol. The van der Waals surface area contributed by atoms with Gasteiger partial charge in [0, 0.05) is 17.6 Å². The summed E-state index contributed by atoms with van der Waals surface area (Å²) < 4.78 is 53.0. The van der Waals surface area contributed by atoms with E-state index in [4.69, 9.17) is 16.9 Å². The Morgan fingerprint density at radius 2 is 1.67 bits per heavy atom. The summed E-state index contributed by atoms with van der Waals surface area (Å²) in [5, 5.41) is 11.1. The van der Waals surface area contributed by atoms with Gasteiger partial charge in [-0.2, -0.15) is 5.26 Å². The maximum atomic E-state index is 13.4. The second-order valence-electron chi connectivity index (χ2n) is 4.11. The fourth-order valence-electron chi connectivity index (χ4n) is 1.67. The third-order valence-electron chi connectivity index (χ3n) is 2.75. The third-order valence-corrected chi connectivity index (χ3v) is 3.10. The van der Waals surface area contributed by atoms with Crippen molar-refractivity contribution >= 4 is 17.3 Å². The minimum Gasteiger partial charge on any atom is -0.376 e. The Morgan fingerprint density at radius 1 is 1.05 bits per heavy atom. The smallest absolute Gasteiger partial charge is 0.185 e. The van der Waals surface area contributed by atoms with Crippen LogP contribution in [-0.4, -0.2) is 0 Å². The maximum absolute atomic E-state index is 13.4. The molecule has 2 nitrogen and oxygen atoms in total. The molecule has 0 heterocycles. The lowest BCUT2D eigenvalue weighted by molar-refractivity contribution is 0.458. The monoisotopic (exact) mass is 314 g/mol. The first-order valence-electron chi connectivity index (χ1n) is 5.69.